The van der Waals surface area contributed by atoms with E-state index in [1.807, 2.05) is 11.9 Å². The van der Waals surface area contributed by atoms with E-state index in [0.29, 0.717) is 25.0 Å². The number of pyridine rings is 1. The van der Waals surface area contributed by atoms with E-state index in [1.54, 1.807) is 0 Å². The number of fused-ring (bicyclic) bond motifs is 3. The average Bonchev–Trinajstić information content (AvgIpc) is 2.67. The predicted octanol–water partition coefficient (Wildman–Crippen LogP) is 3.72. The molecular formula is C18H15F6N5. The van der Waals surface area contributed by atoms with Crippen LogP contribution >= 0.6 is 0 Å². The average molecular weight is 415 g/mol. The first-order valence-corrected chi connectivity index (χ1v) is 8.71. The van der Waals surface area contributed by atoms with Crippen LogP contribution in [0, 0.1) is 5.82 Å². The number of hydrogen-bond donors (Lipinski definition) is 0. The van der Waals surface area contributed by atoms with Crippen molar-refractivity contribution in [1.82, 2.24) is 19.9 Å². The van der Waals surface area contributed by atoms with E-state index in [0.717, 1.165) is 13.1 Å². The van der Waals surface area contributed by atoms with Crippen molar-refractivity contribution < 1.29 is 26.3 Å². The molecule has 0 unspecified atom stereocenters. The molecule has 0 radical (unpaired) electrons. The maximum atomic E-state index is 14.7. The van der Waals surface area contributed by atoms with Crippen LogP contribution in [0.5, 0.6) is 0 Å². The third-order valence-corrected chi connectivity index (χ3v) is 5.02. The maximum absolute atomic E-state index is 14.7. The smallest absolute Gasteiger partial charge is 0.352 e. The van der Waals surface area contributed by atoms with Crippen LogP contribution in [0.4, 0.5) is 32.2 Å². The zero-order valence-corrected chi connectivity index (χ0v) is 15.1. The minimum absolute atomic E-state index is 0.158. The molecular weight excluding hydrogens is 400 g/mol. The summed E-state index contributed by atoms with van der Waals surface area (Å²) >= 11 is 0. The number of rotatable bonds is 2. The Morgan fingerprint density at radius 3 is 2.28 bits per heavy atom. The topological polar surface area (TPSA) is 45.2 Å². The second-order valence-electron chi connectivity index (χ2n) is 6.94. The number of likely N-dealkylation sites (N-methyl/N-ethyl adjacent to an activating group) is 1. The Morgan fingerprint density at radius 1 is 0.931 bits per heavy atom. The normalized spacial score (nSPS) is 16.7. The van der Waals surface area contributed by atoms with E-state index in [-0.39, 0.29) is 27.9 Å². The molecule has 0 atom stereocenters. The summed E-state index contributed by atoms with van der Waals surface area (Å²) < 4.78 is 80.7. The molecule has 1 aliphatic heterocycles. The largest absolute Gasteiger partial charge is 0.458 e. The van der Waals surface area contributed by atoms with Crippen molar-refractivity contribution in [3.05, 3.63) is 36.0 Å². The quantitative estimate of drug-likeness (QED) is 0.472. The van der Waals surface area contributed by atoms with Gasteiger partial charge in [-0.3, -0.25) is 0 Å². The predicted molar refractivity (Wildman–Crippen MR) is 94.5 cm³/mol. The van der Waals surface area contributed by atoms with Crippen molar-refractivity contribution in [1.29, 1.82) is 0 Å². The number of halogens is 6. The van der Waals surface area contributed by atoms with E-state index >= 15 is 0 Å². The van der Waals surface area contributed by atoms with Gasteiger partial charge in [0.15, 0.2) is 5.82 Å². The summed E-state index contributed by atoms with van der Waals surface area (Å²) in [4.78, 5) is 16.2. The minimum atomic E-state index is -5.85. The van der Waals surface area contributed by atoms with Gasteiger partial charge < -0.3 is 9.80 Å². The van der Waals surface area contributed by atoms with Crippen LogP contribution in [0.25, 0.3) is 21.8 Å². The Balaban J connectivity index is 1.96. The van der Waals surface area contributed by atoms with E-state index in [4.69, 9.17) is 0 Å². The molecule has 0 N–H and O–H groups in total. The summed E-state index contributed by atoms with van der Waals surface area (Å²) in [5.41, 5.74) is -1.53. The van der Waals surface area contributed by atoms with Gasteiger partial charge in [0, 0.05) is 48.7 Å². The number of hydrogen-bond acceptors (Lipinski definition) is 5. The maximum Gasteiger partial charge on any atom is 0.458 e. The lowest BCUT2D eigenvalue weighted by atomic mass is 10.0. The van der Waals surface area contributed by atoms with E-state index in [2.05, 4.69) is 19.9 Å². The first kappa shape index (κ1) is 19.6. The van der Waals surface area contributed by atoms with Crippen molar-refractivity contribution in [2.24, 2.45) is 0 Å². The van der Waals surface area contributed by atoms with Crippen molar-refractivity contribution in [3.63, 3.8) is 0 Å². The van der Waals surface area contributed by atoms with Gasteiger partial charge >= 0.3 is 12.1 Å². The number of alkyl halides is 5. The number of benzene rings is 1. The van der Waals surface area contributed by atoms with Gasteiger partial charge in [0.05, 0.1) is 0 Å². The standard InChI is InChI=1S/C18H15F6N5/c1-28-2-4-29(5-3-28)16-15-12(8-25-9-26-15)11-6-10(7-13(19)14(11)27-16)17(20,21)18(22,23)24/h6-9H,2-5H2,1H3. The van der Waals surface area contributed by atoms with Gasteiger partial charge in [-0.25, -0.2) is 19.3 Å². The van der Waals surface area contributed by atoms with Crippen LogP contribution in [0.2, 0.25) is 0 Å². The summed E-state index contributed by atoms with van der Waals surface area (Å²) in [6.07, 6.45) is -3.37. The molecule has 2 aromatic heterocycles. The first-order chi connectivity index (χ1) is 13.6. The molecule has 11 heteroatoms. The molecule has 1 fully saturated rings. The lowest BCUT2D eigenvalue weighted by molar-refractivity contribution is -0.289. The lowest BCUT2D eigenvalue weighted by Gasteiger charge is -2.33. The van der Waals surface area contributed by atoms with Crippen molar-refractivity contribution in [2.45, 2.75) is 12.1 Å². The Kier molecular flexibility index (Phi) is 4.52. The minimum Gasteiger partial charge on any atom is -0.352 e. The highest BCUT2D eigenvalue weighted by atomic mass is 19.4. The molecule has 3 aromatic rings. The van der Waals surface area contributed by atoms with Gasteiger partial charge in [-0.05, 0) is 19.2 Å². The molecule has 29 heavy (non-hydrogen) atoms. The zero-order valence-electron chi connectivity index (χ0n) is 15.1. The van der Waals surface area contributed by atoms with Crippen LogP contribution in [0.3, 0.4) is 0 Å². The Morgan fingerprint density at radius 2 is 1.62 bits per heavy atom. The van der Waals surface area contributed by atoms with Gasteiger partial charge in [0.1, 0.15) is 23.2 Å². The Bertz CT molecular complexity index is 1080. The fraction of sp³-hybridized carbons (Fsp3) is 0.389. The molecule has 1 aromatic carbocycles. The highest BCUT2D eigenvalue weighted by molar-refractivity contribution is 6.08. The molecule has 1 aliphatic rings. The summed E-state index contributed by atoms with van der Waals surface area (Å²) in [5.74, 6) is -6.13. The van der Waals surface area contributed by atoms with E-state index in [9.17, 15) is 26.3 Å². The Hall–Kier alpha value is -2.69. The van der Waals surface area contributed by atoms with Gasteiger partial charge in [-0.2, -0.15) is 22.0 Å². The lowest BCUT2D eigenvalue weighted by Crippen LogP contribution is -2.45. The second-order valence-corrected chi connectivity index (χ2v) is 6.94. The van der Waals surface area contributed by atoms with Gasteiger partial charge in [-0.1, -0.05) is 0 Å². The highest BCUT2D eigenvalue weighted by Crippen LogP contribution is 2.45. The van der Waals surface area contributed by atoms with E-state index < -0.39 is 23.5 Å². The van der Waals surface area contributed by atoms with Crippen LogP contribution in [-0.4, -0.2) is 59.3 Å². The molecule has 0 amide bonds. The molecule has 4 rings (SSSR count). The van der Waals surface area contributed by atoms with Crippen molar-refractivity contribution in [3.8, 4) is 0 Å². The fourth-order valence-corrected chi connectivity index (χ4v) is 3.37. The van der Waals surface area contributed by atoms with Crippen molar-refractivity contribution >= 4 is 27.6 Å². The van der Waals surface area contributed by atoms with Crippen LogP contribution < -0.4 is 4.90 Å². The molecule has 1 saturated heterocycles. The van der Waals surface area contributed by atoms with E-state index in [1.165, 1.54) is 12.5 Å². The Labute approximate surface area is 161 Å². The van der Waals surface area contributed by atoms with Crippen LogP contribution in [0.15, 0.2) is 24.7 Å². The molecule has 0 saturated carbocycles. The first-order valence-electron chi connectivity index (χ1n) is 8.71. The van der Waals surface area contributed by atoms with Gasteiger partial charge in [0.25, 0.3) is 0 Å². The SMILES string of the molecule is CN1CCN(c2nc3c(F)cc(C(F)(F)C(F)(F)F)cc3c3cncnc23)CC1. The highest BCUT2D eigenvalue weighted by Gasteiger charge is 2.59. The third-order valence-electron chi connectivity index (χ3n) is 5.02. The third kappa shape index (κ3) is 3.22. The molecule has 0 bridgehead atoms. The van der Waals surface area contributed by atoms with Crippen LogP contribution in [-0.2, 0) is 5.92 Å². The number of anilines is 1. The molecule has 0 aliphatic carbocycles. The second kappa shape index (κ2) is 6.68. The number of aromatic nitrogens is 3. The number of nitrogens with zero attached hydrogens (tertiary/aromatic N) is 5. The monoisotopic (exact) mass is 415 g/mol. The van der Waals surface area contributed by atoms with Crippen LogP contribution in [0.1, 0.15) is 5.56 Å². The van der Waals surface area contributed by atoms with Gasteiger partial charge in [-0.15, -0.1) is 0 Å². The summed E-state index contributed by atoms with van der Waals surface area (Å²) in [6, 6.07) is 0.796. The molecule has 3 heterocycles. The summed E-state index contributed by atoms with van der Waals surface area (Å²) in [5, 5.41) is -0.0393. The zero-order chi connectivity index (χ0) is 21.0. The van der Waals surface area contributed by atoms with Gasteiger partial charge in [0.2, 0.25) is 0 Å². The number of piperazine rings is 1. The van der Waals surface area contributed by atoms with Crippen molar-refractivity contribution in [2.75, 3.05) is 38.1 Å². The molecule has 5 nitrogen and oxygen atoms in total. The summed E-state index contributed by atoms with van der Waals surface area (Å²) in [7, 11) is 1.95. The molecule has 0 spiro atoms. The molecule has 154 valence electrons. The summed E-state index contributed by atoms with van der Waals surface area (Å²) in [6.45, 7) is 2.62. The fourth-order valence-electron chi connectivity index (χ4n) is 3.37.